The molecule has 0 aliphatic heterocycles. The summed E-state index contributed by atoms with van der Waals surface area (Å²) in [4.78, 5) is 9.94. The summed E-state index contributed by atoms with van der Waals surface area (Å²) in [6.45, 7) is 4.14. The molecule has 1 heterocycles. The number of nitro groups is 1. The second kappa shape index (κ2) is 4.55. The molecule has 0 aliphatic rings. The highest BCUT2D eigenvalue weighted by Crippen LogP contribution is 2.19. The van der Waals surface area contributed by atoms with E-state index in [0.717, 1.165) is 12.6 Å². The number of rotatable bonds is 4. The molecule has 0 amide bonds. The molecule has 0 bridgehead atoms. The van der Waals surface area contributed by atoms with Gasteiger partial charge in [0.2, 0.25) is 5.76 Å². The summed E-state index contributed by atoms with van der Waals surface area (Å²) < 4.78 is 4.73. The molecule has 0 spiro atoms. The third-order valence-electron chi connectivity index (χ3n) is 1.65. The molecule has 1 aromatic rings. The van der Waals surface area contributed by atoms with E-state index in [1.165, 1.54) is 0 Å². The van der Waals surface area contributed by atoms with Gasteiger partial charge in [-0.05, 0) is 18.4 Å². The van der Waals surface area contributed by atoms with E-state index in [-0.39, 0.29) is 11.4 Å². The number of aromatic nitrogens is 1. The molecule has 0 N–H and O–H groups in total. The zero-order valence-corrected chi connectivity index (χ0v) is 8.14. The van der Waals surface area contributed by atoms with E-state index in [1.54, 1.807) is 6.08 Å². The highest BCUT2D eigenvalue weighted by molar-refractivity contribution is 5.53. The molecule has 14 heavy (non-hydrogen) atoms. The Balaban J connectivity index is 2.71. The van der Waals surface area contributed by atoms with E-state index in [4.69, 9.17) is 4.52 Å². The van der Waals surface area contributed by atoms with E-state index in [9.17, 15) is 10.1 Å². The van der Waals surface area contributed by atoms with Gasteiger partial charge in [-0.2, -0.15) is 0 Å². The first kappa shape index (κ1) is 10.4. The van der Waals surface area contributed by atoms with Crippen LogP contribution in [-0.2, 0) is 0 Å². The van der Waals surface area contributed by atoms with Crippen molar-refractivity contribution in [3.63, 3.8) is 0 Å². The quantitative estimate of drug-likeness (QED) is 0.548. The molecule has 1 rings (SSSR count). The summed E-state index contributed by atoms with van der Waals surface area (Å²) in [5, 5.41) is 13.8. The molecular formula is C9H12N2O3. The van der Waals surface area contributed by atoms with Gasteiger partial charge in [-0.1, -0.05) is 25.1 Å². The van der Waals surface area contributed by atoms with Crippen LogP contribution in [0.1, 0.15) is 26.0 Å². The third-order valence-corrected chi connectivity index (χ3v) is 1.65. The lowest BCUT2D eigenvalue weighted by atomic mass is 10.1. The Morgan fingerprint density at radius 2 is 2.43 bits per heavy atom. The minimum Gasteiger partial charge on any atom is -0.349 e. The van der Waals surface area contributed by atoms with Crippen molar-refractivity contribution in [2.24, 2.45) is 5.92 Å². The van der Waals surface area contributed by atoms with Crippen LogP contribution in [0.2, 0.25) is 0 Å². The molecule has 0 atom stereocenters. The van der Waals surface area contributed by atoms with Crippen molar-refractivity contribution in [3.8, 4) is 0 Å². The zero-order chi connectivity index (χ0) is 10.6. The summed E-state index contributed by atoms with van der Waals surface area (Å²) in [6.07, 6.45) is 5.40. The predicted octanol–water partition coefficient (Wildman–Crippen LogP) is 2.64. The maximum atomic E-state index is 10.5. The van der Waals surface area contributed by atoms with Gasteiger partial charge in [0.05, 0.1) is 4.92 Å². The highest BCUT2D eigenvalue weighted by Gasteiger charge is 2.15. The summed E-state index contributed by atoms with van der Waals surface area (Å²) in [6, 6.07) is 0. The lowest BCUT2D eigenvalue weighted by Gasteiger charge is -1.94. The Labute approximate surface area is 81.5 Å². The first-order valence-corrected chi connectivity index (χ1v) is 4.37. The van der Waals surface area contributed by atoms with Gasteiger partial charge in [-0.15, -0.1) is 0 Å². The second-order valence-corrected chi connectivity index (χ2v) is 3.36. The summed E-state index contributed by atoms with van der Waals surface area (Å²) in [7, 11) is 0. The van der Waals surface area contributed by atoms with Gasteiger partial charge in [0.25, 0.3) is 0 Å². The normalized spacial score (nSPS) is 11.4. The van der Waals surface area contributed by atoms with Gasteiger partial charge in [-0.25, -0.2) is 0 Å². The smallest absolute Gasteiger partial charge is 0.335 e. The molecule has 5 heteroatoms. The average molecular weight is 196 g/mol. The fourth-order valence-electron chi connectivity index (χ4n) is 0.944. The van der Waals surface area contributed by atoms with Crippen molar-refractivity contribution in [1.29, 1.82) is 0 Å². The fourth-order valence-corrected chi connectivity index (χ4v) is 0.944. The first-order valence-electron chi connectivity index (χ1n) is 4.37. The molecule has 0 unspecified atom stereocenters. The van der Waals surface area contributed by atoms with Crippen LogP contribution in [-0.4, -0.2) is 10.1 Å². The third kappa shape index (κ3) is 2.69. The Morgan fingerprint density at radius 1 is 1.71 bits per heavy atom. The van der Waals surface area contributed by atoms with E-state index in [2.05, 4.69) is 19.0 Å². The second-order valence-electron chi connectivity index (χ2n) is 3.36. The van der Waals surface area contributed by atoms with Crippen LogP contribution < -0.4 is 0 Å². The summed E-state index contributed by atoms with van der Waals surface area (Å²) in [5.74, 6) is 0.726. The van der Waals surface area contributed by atoms with Gasteiger partial charge in [0.1, 0.15) is 6.20 Å². The van der Waals surface area contributed by atoms with Crippen molar-refractivity contribution in [2.75, 3.05) is 0 Å². The van der Waals surface area contributed by atoms with E-state index in [1.807, 2.05) is 6.08 Å². The molecule has 0 radical (unpaired) electrons. The topological polar surface area (TPSA) is 69.2 Å². The summed E-state index contributed by atoms with van der Waals surface area (Å²) >= 11 is 0. The van der Waals surface area contributed by atoms with Crippen molar-refractivity contribution in [1.82, 2.24) is 5.16 Å². The van der Waals surface area contributed by atoms with E-state index in [0.29, 0.717) is 5.92 Å². The standard InChI is InChI=1S/C9H12N2O3/c1-7(2)4-3-5-9-8(11(12)13)6-10-14-9/h3,5-7H,4H2,1-2H3/b5-3+. The van der Waals surface area contributed by atoms with Crippen LogP contribution >= 0.6 is 0 Å². The molecule has 0 saturated carbocycles. The van der Waals surface area contributed by atoms with Crippen LogP contribution in [0.25, 0.3) is 6.08 Å². The van der Waals surface area contributed by atoms with Gasteiger partial charge in [0, 0.05) is 0 Å². The molecule has 0 fully saturated rings. The van der Waals surface area contributed by atoms with Gasteiger partial charge >= 0.3 is 5.69 Å². The van der Waals surface area contributed by atoms with Crippen LogP contribution in [0.4, 0.5) is 5.69 Å². The van der Waals surface area contributed by atoms with Crippen molar-refractivity contribution < 1.29 is 9.45 Å². The Morgan fingerprint density at radius 3 is 3.00 bits per heavy atom. The Hall–Kier alpha value is -1.65. The molecule has 0 saturated heterocycles. The first-order chi connectivity index (χ1) is 6.61. The molecule has 0 aliphatic carbocycles. The van der Waals surface area contributed by atoms with Crippen LogP contribution in [0.3, 0.4) is 0 Å². The predicted molar refractivity (Wildman–Crippen MR) is 51.6 cm³/mol. The van der Waals surface area contributed by atoms with Gasteiger partial charge in [0.15, 0.2) is 0 Å². The van der Waals surface area contributed by atoms with Crippen molar-refractivity contribution in [3.05, 3.63) is 28.1 Å². The lowest BCUT2D eigenvalue weighted by molar-refractivity contribution is -0.385. The number of hydrogen-bond acceptors (Lipinski definition) is 4. The number of allylic oxidation sites excluding steroid dienone is 1. The van der Waals surface area contributed by atoms with Crippen molar-refractivity contribution in [2.45, 2.75) is 20.3 Å². The number of nitrogens with zero attached hydrogens (tertiary/aromatic N) is 2. The number of hydrogen-bond donors (Lipinski definition) is 0. The monoisotopic (exact) mass is 196 g/mol. The van der Waals surface area contributed by atoms with Gasteiger partial charge < -0.3 is 4.52 Å². The molecule has 5 nitrogen and oxygen atoms in total. The van der Waals surface area contributed by atoms with E-state index >= 15 is 0 Å². The fraction of sp³-hybridized carbons (Fsp3) is 0.444. The van der Waals surface area contributed by atoms with Gasteiger partial charge in [-0.3, -0.25) is 10.1 Å². The summed E-state index contributed by atoms with van der Waals surface area (Å²) in [5.41, 5.74) is -0.0926. The molecule has 1 aromatic heterocycles. The zero-order valence-electron chi connectivity index (χ0n) is 8.14. The largest absolute Gasteiger partial charge is 0.349 e. The Kier molecular flexibility index (Phi) is 3.39. The maximum absolute atomic E-state index is 10.5. The minimum atomic E-state index is -0.508. The Bertz CT molecular complexity index is 342. The SMILES string of the molecule is CC(C)C/C=C/c1oncc1[N+](=O)[O-]. The average Bonchev–Trinajstić information content (AvgIpc) is 2.51. The van der Waals surface area contributed by atoms with Crippen LogP contribution in [0.5, 0.6) is 0 Å². The van der Waals surface area contributed by atoms with Crippen molar-refractivity contribution >= 4 is 11.8 Å². The molecule has 76 valence electrons. The maximum Gasteiger partial charge on any atom is 0.335 e. The highest BCUT2D eigenvalue weighted by atomic mass is 16.6. The van der Waals surface area contributed by atoms with E-state index < -0.39 is 4.92 Å². The minimum absolute atomic E-state index is 0.0926. The van der Waals surface area contributed by atoms with Crippen LogP contribution in [0, 0.1) is 16.0 Å². The lowest BCUT2D eigenvalue weighted by Crippen LogP contribution is -1.87. The van der Waals surface area contributed by atoms with Crippen LogP contribution in [0.15, 0.2) is 16.8 Å². The molecule has 0 aromatic carbocycles. The molecular weight excluding hydrogens is 184 g/mol.